The Morgan fingerprint density at radius 2 is 2.40 bits per heavy atom. The smallest absolute Gasteiger partial charge is 0.0632 e. The summed E-state index contributed by atoms with van der Waals surface area (Å²) in [6.45, 7) is -9.89. The number of rotatable bonds is 0. The van der Waals surface area contributed by atoms with Crippen molar-refractivity contribution in [2.24, 2.45) is 0 Å². The van der Waals surface area contributed by atoms with E-state index in [1.165, 1.54) is 0 Å². The predicted octanol–water partition coefficient (Wildman–Crippen LogP) is 2.40. The Bertz CT molecular complexity index is 418. The standard InChI is InChI=1S/C7H11BrN2/c1-7(2,3)10-5-6(8)4-9-10/h4-5H,1-3H3/i1D3,2D3,3D3. The zero-order valence-electron chi connectivity index (χ0n) is 13.9. The van der Waals surface area contributed by atoms with E-state index in [1.807, 2.05) is 0 Å². The Hall–Kier alpha value is -0.310. The number of hydrogen-bond donors (Lipinski definition) is 0. The molecule has 0 spiro atoms. The fraction of sp³-hybridized carbons (Fsp3) is 0.571. The molecule has 0 aliphatic carbocycles. The molecule has 0 saturated carbocycles. The van der Waals surface area contributed by atoms with Crippen LogP contribution in [0.1, 0.15) is 32.9 Å². The second-order valence-corrected chi connectivity index (χ2v) is 2.73. The van der Waals surface area contributed by atoms with Crippen molar-refractivity contribution in [2.45, 2.75) is 26.1 Å². The maximum atomic E-state index is 7.43. The molecule has 1 aromatic rings. The van der Waals surface area contributed by atoms with E-state index >= 15 is 0 Å². The maximum absolute atomic E-state index is 7.43. The van der Waals surface area contributed by atoms with E-state index in [-0.39, 0.29) is 4.47 Å². The van der Waals surface area contributed by atoms with Gasteiger partial charge in [-0.1, -0.05) is 0 Å². The van der Waals surface area contributed by atoms with E-state index < -0.39 is 26.1 Å². The highest BCUT2D eigenvalue weighted by atomic mass is 79.9. The van der Waals surface area contributed by atoms with Gasteiger partial charge in [-0.3, -0.25) is 4.68 Å². The van der Waals surface area contributed by atoms with E-state index in [2.05, 4.69) is 21.0 Å². The Morgan fingerprint density at radius 1 is 1.70 bits per heavy atom. The van der Waals surface area contributed by atoms with Crippen molar-refractivity contribution in [1.29, 1.82) is 0 Å². The average Bonchev–Trinajstić information content (AvgIpc) is 2.43. The van der Waals surface area contributed by atoms with Gasteiger partial charge in [-0.15, -0.1) is 0 Å². The summed E-state index contributed by atoms with van der Waals surface area (Å²) in [6.07, 6.45) is 2.17. The van der Waals surface area contributed by atoms with Crippen molar-refractivity contribution < 1.29 is 12.3 Å². The van der Waals surface area contributed by atoms with Gasteiger partial charge in [-0.2, -0.15) is 5.10 Å². The largest absolute Gasteiger partial charge is 0.266 e. The van der Waals surface area contributed by atoms with Crippen LogP contribution in [-0.2, 0) is 5.54 Å². The van der Waals surface area contributed by atoms with Gasteiger partial charge in [0.1, 0.15) is 0 Å². The molecule has 0 aliphatic rings. The van der Waals surface area contributed by atoms with Crippen molar-refractivity contribution in [1.82, 2.24) is 9.78 Å². The lowest BCUT2D eigenvalue weighted by Crippen LogP contribution is -2.21. The molecule has 1 heterocycles. The van der Waals surface area contributed by atoms with Gasteiger partial charge < -0.3 is 0 Å². The summed E-state index contributed by atoms with van der Waals surface area (Å²) in [4.78, 5) is 0. The molecular weight excluding hydrogens is 192 g/mol. The van der Waals surface area contributed by atoms with Crippen molar-refractivity contribution in [2.75, 3.05) is 0 Å². The molecular formula is C7H11BrN2. The second kappa shape index (κ2) is 2.38. The second-order valence-electron chi connectivity index (χ2n) is 1.81. The lowest BCUT2D eigenvalue weighted by atomic mass is 10.1. The van der Waals surface area contributed by atoms with E-state index in [0.29, 0.717) is 4.68 Å². The molecule has 0 fully saturated rings. The highest BCUT2D eigenvalue weighted by Crippen LogP contribution is 2.15. The Balaban J connectivity index is 3.75. The molecule has 0 bridgehead atoms. The van der Waals surface area contributed by atoms with E-state index in [9.17, 15) is 0 Å². The summed E-state index contributed by atoms with van der Waals surface area (Å²) in [7, 11) is 0. The normalized spacial score (nSPS) is 29.1. The minimum absolute atomic E-state index is 0.287. The van der Waals surface area contributed by atoms with Gasteiger partial charge in [0.05, 0.1) is 16.2 Å². The number of nitrogens with zero attached hydrogens (tertiary/aromatic N) is 2. The molecule has 56 valence electrons. The minimum Gasteiger partial charge on any atom is -0.266 e. The highest BCUT2D eigenvalue weighted by molar-refractivity contribution is 9.10. The Kier molecular flexibility index (Phi) is 0.499. The van der Waals surface area contributed by atoms with Gasteiger partial charge in [0.15, 0.2) is 0 Å². The third-order valence-electron chi connectivity index (χ3n) is 0.895. The molecule has 0 unspecified atom stereocenters. The van der Waals surface area contributed by atoms with E-state index in [1.54, 1.807) is 0 Å². The third kappa shape index (κ3) is 1.59. The van der Waals surface area contributed by atoms with Gasteiger partial charge >= 0.3 is 0 Å². The van der Waals surface area contributed by atoms with E-state index in [4.69, 9.17) is 12.3 Å². The molecule has 3 heteroatoms. The highest BCUT2D eigenvalue weighted by Gasteiger charge is 2.12. The molecule has 2 nitrogen and oxygen atoms in total. The van der Waals surface area contributed by atoms with Crippen molar-refractivity contribution in [3.05, 3.63) is 16.9 Å². The fourth-order valence-electron chi connectivity index (χ4n) is 0.484. The SMILES string of the molecule is [2H]C([2H])([2H])C(n1cc(Br)cn1)(C([2H])([2H])[2H])C([2H])([2H])[2H]. The number of halogens is 1. The first kappa shape index (κ1) is 2.09. The summed E-state index contributed by atoms with van der Waals surface area (Å²) in [5.74, 6) is 0. The lowest BCUT2D eigenvalue weighted by Gasteiger charge is -2.18. The average molecular weight is 212 g/mol. The van der Waals surface area contributed by atoms with Crippen LogP contribution in [0, 0.1) is 0 Å². The van der Waals surface area contributed by atoms with Crippen LogP contribution >= 0.6 is 15.9 Å². The quantitative estimate of drug-likeness (QED) is 0.645. The summed E-state index contributed by atoms with van der Waals surface area (Å²) in [5, 5.41) is 3.58. The zero-order chi connectivity index (χ0) is 15.3. The maximum Gasteiger partial charge on any atom is 0.0632 e. The lowest BCUT2D eigenvalue weighted by molar-refractivity contribution is 0.355. The molecule has 10 heavy (non-hydrogen) atoms. The first-order chi connectivity index (χ1) is 8.25. The molecule has 0 N–H and O–H groups in total. The van der Waals surface area contributed by atoms with E-state index in [0.717, 1.165) is 12.4 Å². The molecule has 0 amide bonds. The predicted molar refractivity (Wildman–Crippen MR) is 44.9 cm³/mol. The first-order valence-electron chi connectivity index (χ1n) is 6.96. The van der Waals surface area contributed by atoms with Crippen LogP contribution in [0.3, 0.4) is 0 Å². The van der Waals surface area contributed by atoms with Crippen LogP contribution in [0.4, 0.5) is 0 Å². The van der Waals surface area contributed by atoms with Crippen LogP contribution in [0.25, 0.3) is 0 Å². The summed E-state index contributed by atoms with van der Waals surface area (Å²) in [6, 6.07) is 0. The van der Waals surface area contributed by atoms with Crippen LogP contribution in [0.2, 0.25) is 0 Å². The monoisotopic (exact) mass is 211 g/mol. The summed E-state index contributed by atoms with van der Waals surface area (Å²) < 4.78 is 67.7. The topological polar surface area (TPSA) is 17.8 Å². The Morgan fingerprint density at radius 3 is 2.80 bits per heavy atom. The van der Waals surface area contributed by atoms with Gasteiger partial charge in [0.25, 0.3) is 0 Å². The molecule has 0 aliphatic heterocycles. The van der Waals surface area contributed by atoms with Crippen LogP contribution < -0.4 is 0 Å². The fourth-order valence-corrected chi connectivity index (χ4v) is 0.770. The third-order valence-corrected chi connectivity index (χ3v) is 1.30. The van der Waals surface area contributed by atoms with Gasteiger partial charge in [-0.05, 0) is 36.5 Å². The molecule has 0 aromatic carbocycles. The summed E-state index contributed by atoms with van der Waals surface area (Å²) >= 11 is 2.99. The molecule has 1 rings (SSSR count). The van der Waals surface area contributed by atoms with Gasteiger partial charge in [0.2, 0.25) is 0 Å². The van der Waals surface area contributed by atoms with Crippen molar-refractivity contribution >= 4 is 15.9 Å². The number of hydrogen-bond acceptors (Lipinski definition) is 1. The summed E-state index contributed by atoms with van der Waals surface area (Å²) in [5.41, 5.74) is -3.10. The van der Waals surface area contributed by atoms with Gasteiger partial charge in [-0.25, -0.2) is 0 Å². The van der Waals surface area contributed by atoms with Crippen molar-refractivity contribution in [3.8, 4) is 0 Å². The first-order valence-corrected chi connectivity index (χ1v) is 3.25. The molecule has 0 atom stereocenters. The molecule has 0 saturated heterocycles. The van der Waals surface area contributed by atoms with Gasteiger partial charge in [0, 0.05) is 18.5 Å². The van der Waals surface area contributed by atoms with Crippen LogP contribution in [0.5, 0.6) is 0 Å². The number of aromatic nitrogens is 2. The van der Waals surface area contributed by atoms with Crippen LogP contribution in [0.15, 0.2) is 16.9 Å². The molecule has 1 aromatic heterocycles. The minimum atomic E-state index is -3.30. The zero-order valence-corrected chi connectivity index (χ0v) is 6.51. The Labute approximate surface area is 82.0 Å². The van der Waals surface area contributed by atoms with Crippen LogP contribution in [-0.4, -0.2) is 9.78 Å². The molecule has 0 radical (unpaired) electrons. The van der Waals surface area contributed by atoms with Crippen molar-refractivity contribution in [3.63, 3.8) is 0 Å².